The van der Waals surface area contributed by atoms with Gasteiger partial charge in [0.25, 0.3) is 0 Å². The Morgan fingerprint density at radius 1 is 2.00 bits per heavy atom. The zero-order valence-electron chi connectivity index (χ0n) is 2.69. The van der Waals surface area contributed by atoms with Gasteiger partial charge < -0.3 is 0 Å². The van der Waals surface area contributed by atoms with Gasteiger partial charge in [-0.25, -0.2) is 0 Å². The van der Waals surface area contributed by atoms with Crippen LogP contribution in [-0.2, 0) is 0 Å². The van der Waals surface area contributed by atoms with Crippen molar-refractivity contribution in [1.29, 1.82) is 0 Å². The van der Waals surface area contributed by atoms with Gasteiger partial charge in [-0.15, -0.1) is 0 Å². The Bertz CT molecular complexity index is 8.00. The van der Waals surface area contributed by atoms with E-state index >= 15 is 0 Å². The van der Waals surface area contributed by atoms with Crippen LogP contribution in [-0.4, -0.2) is 20.9 Å². The molecular weight excluding hydrogens is 83.1 g/mol. The Balaban J connectivity index is 1.97. The van der Waals surface area contributed by atoms with Crippen LogP contribution in [0.5, 0.6) is 0 Å². The van der Waals surface area contributed by atoms with Gasteiger partial charge in [0, 0.05) is 0 Å². The summed E-state index contributed by atoms with van der Waals surface area (Å²) in [7, 11) is 1.77. The summed E-state index contributed by atoms with van der Waals surface area (Å²) in [5, 5.41) is 0. The molecule has 0 aliphatic rings. The van der Waals surface area contributed by atoms with Gasteiger partial charge in [0.1, 0.15) is 0 Å². The van der Waals surface area contributed by atoms with Crippen molar-refractivity contribution in [1.82, 2.24) is 0 Å². The van der Waals surface area contributed by atoms with E-state index in [0.29, 0.717) is 0 Å². The molecule has 0 spiro atoms. The van der Waals surface area contributed by atoms with Crippen LogP contribution in [0.15, 0.2) is 0 Å². The van der Waals surface area contributed by atoms with E-state index in [0.717, 1.165) is 0 Å². The summed E-state index contributed by atoms with van der Waals surface area (Å²) < 4.78 is 0. The van der Waals surface area contributed by atoms with Gasteiger partial charge in [-0.05, 0) is 0 Å². The third-order valence-electron chi connectivity index (χ3n) is 0.167. The van der Waals surface area contributed by atoms with Crippen molar-refractivity contribution in [2.45, 2.75) is 6.92 Å². The second kappa shape index (κ2) is 3.88. The quantitative estimate of drug-likeness (QED) is 0.428. The van der Waals surface area contributed by atoms with E-state index in [1.54, 1.807) is 10.1 Å². The average molecular weight is 88.1 g/mol. The zero-order chi connectivity index (χ0) is 3.41. The molecule has 0 aliphatic carbocycles. The van der Waals surface area contributed by atoms with E-state index in [9.17, 15) is 0 Å². The fourth-order valence-corrected chi connectivity index (χ4v) is 0. The number of hydrogen-bond acceptors (Lipinski definition) is 1. The minimum absolute atomic E-state index is 1.20. The topological polar surface area (TPSA) is 0 Å². The van der Waals surface area contributed by atoms with Gasteiger partial charge in [-0.2, -0.15) is 0 Å². The molecule has 4 heavy (non-hydrogen) atoms. The Hall–Kier alpha value is 0.882. The predicted octanol–water partition coefficient (Wildman–Crippen LogP) is 0.823. The Labute approximate surface area is 38.4 Å². The van der Waals surface area contributed by atoms with Crippen LogP contribution in [0.3, 0.4) is 0 Å². The molecule has 0 N–H and O–H groups in total. The van der Waals surface area contributed by atoms with E-state index < -0.39 is 0 Å². The minimum atomic E-state index is 1.20. The molecule has 0 heterocycles. The van der Waals surface area contributed by atoms with E-state index in [1.807, 2.05) is 0 Å². The van der Waals surface area contributed by atoms with Crippen molar-refractivity contribution in [2.75, 3.05) is 5.75 Å². The normalized spacial score (nSPS) is 7.00. The van der Waals surface area contributed by atoms with Crippen molar-refractivity contribution in [3.8, 4) is 0 Å². The summed E-state index contributed by atoms with van der Waals surface area (Å²) in [5.41, 5.74) is 0. The van der Waals surface area contributed by atoms with Gasteiger partial charge >= 0.3 is 38.0 Å². The summed E-state index contributed by atoms with van der Waals surface area (Å²) in [6, 6.07) is 0. The molecule has 0 aromatic carbocycles. The van der Waals surface area contributed by atoms with Gasteiger partial charge in [-0.1, -0.05) is 0 Å². The van der Waals surface area contributed by atoms with Crippen molar-refractivity contribution >= 4 is 25.3 Å². The van der Waals surface area contributed by atoms with E-state index in [4.69, 9.17) is 0 Å². The van der Waals surface area contributed by atoms with Crippen molar-refractivity contribution in [3.05, 3.63) is 0 Å². The monoisotopic (exact) mass is 88.0 g/mol. The number of rotatable bonds is 1. The summed E-state index contributed by atoms with van der Waals surface area (Å²) in [6.45, 7) is 2.12. The molecule has 0 rings (SSSR count). The fourth-order valence-electron chi connectivity index (χ4n) is 0. The first kappa shape index (κ1) is 4.88. The second-order valence-corrected chi connectivity index (χ2v) is 2.37. The van der Waals surface area contributed by atoms with E-state index in [1.165, 1.54) is 5.75 Å². The van der Waals surface area contributed by atoms with Crippen LogP contribution in [0.1, 0.15) is 6.92 Å². The molecule has 0 aromatic rings. The summed E-state index contributed by atoms with van der Waals surface area (Å²) in [5.74, 6) is 1.20. The van der Waals surface area contributed by atoms with Crippen LogP contribution in [0.2, 0.25) is 0 Å². The molecule has 2 heteroatoms. The summed E-state index contributed by atoms with van der Waals surface area (Å²) in [4.78, 5) is 0. The van der Waals surface area contributed by atoms with Crippen LogP contribution in [0.25, 0.3) is 0 Å². The van der Waals surface area contributed by atoms with Gasteiger partial charge in [0.05, 0.1) is 0 Å². The van der Waals surface area contributed by atoms with Gasteiger partial charge in [0.2, 0.25) is 0 Å². The summed E-state index contributed by atoms with van der Waals surface area (Å²) in [6.07, 6.45) is 0. The molecule has 0 saturated carbocycles. The van der Waals surface area contributed by atoms with Crippen molar-refractivity contribution < 1.29 is 0 Å². The molecule has 0 atom stereocenters. The molecule has 1 radical (unpaired) electrons. The first-order chi connectivity index (χ1) is 1.91. The van der Waals surface area contributed by atoms with Gasteiger partial charge in [-0.3, -0.25) is 0 Å². The molecular formula is C2H5AlS+. The van der Waals surface area contributed by atoms with E-state index in [2.05, 4.69) is 22.1 Å². The maximum atomic E-state index is 2.57. The van der Waals surface area contributed by atoms with Crippen molar-refractivity contribution in [3.63, 3.8) is 0 Å². The van der Waals surface area contributed by atoms with Gasteiger partial charge in [0.15, 0.2) is 0 Å². The Kier molecular flexibility index (Phi) is 4.74. The molecule has 0 nitrogen and oxygen atoms in total. The molecule has 0 fully saturated rings. The molecule has 0 amide bonds. The second-order valence-electron chi connectivity index (χ2n) is 0.455. The molecule has 0 unspecified atom stereocenters. The first-order valence-electron chi connectivity index (χ1n) is 1.23. The first-order valence-corrected chi connectivity index (χ1v) is 3.69. The maximum absolute atomic E-state index is 2.57. The van der Waals surface area contributed by atoms with Crippen LogP contribution >= 0.6 is 10.1 Å². The average Bonchev–Trinajstić information content (AvgIpc) is 1.37. The summed E-state index contributed by atoms with van der Waals surface area (Å²) >= 11 is 2.57. The predicted molar refractivity (Wildman–Crippen MR) is 23.9 cm³/mol. The standard InChI is InChI=1S/C2H6S.Al/c1-2-3;/h3H,2H2,1H3;/q;+2/p-1. The molecule has 0 aliphatic heterocycles. The number of hydrogen-bond donors (Lipinski definition) is 0. The Morgan fingerprint density at radius 2 is 2.25 bits per heavy atom. The van der Waals surface area contributed by atoms with Crippen LogP contribution in [0, 0.1) is 0 Å². The molecule has 21 valence electrons. The third-order valence-corrected chi connectivity index (χ3v) is 1.50. The molecule has 0 bridgehead atoms. The van der Waals surface area contributed by atoms with Crippen molar-refractivity contribution in [2.24, 2.45) is 0 Å². The molecule has 0 saturated heterocycles. The SMILES string of the molecule is CC[S][Al+]. The third kappa shape index (κ3) is 2.88. The molecule has 0 aromatic heterocycles. The van der Waals surface area contributed by atoms with Crippen LogP contribution < -0.4 is 0 Å². The van der Waals surface area contributed by atoms with Crippen LogP contribution in [0.4, 0.5) is 0 Å². The Morgan fingerprint density at radius 3 is 2.25 bits per heavy atom. The zero-order valence-corrected chi connectivity index (χ0v) is 4.66. The van der Waals surface area contributed by atoms with E-state index in [-0.39, 0.29) is 0 Å². The fraction of sp³-hybridized carbons (Fsp3) is 1.00.